The van der Waals surface area contributed by atoms with Crippen LogP contribution in [-0.2, 0) is 15.7 Å². The third kappa shape index (κ3) is 4.69. The highest BCUT2D eigenvalue weighted by Crippen LogP contribution is 2.44. The molecule has 1 aliphatic heterocycles. The number of ether oxygens (including phenoxy) is 2. The van der Waals surface area contributed by atoms with Crippen LogP contribution in [0.3, 0.4) is 0 Å². The minimum absolute atomic E-state index is 0.0802. The lowest BCUT2D eigenvalue weighted by molar-refractivity contribution is -0.138. The average Bonchev–Trinajstić information content (AvgIpc) is 2.73. The van der Waals surface area contributed by atoms with E-state index in [4.69, 9.17) is 9.47 Å². The summed E-state index contributed by atoms with van der Waals surface area (Å²) in [5, 5.41) is 0. The van der Waals surface area contributed by atoms with Gasteiger partial charge in [0.15, 0.2) is 0 Å². The fourth-order valence-corrected chi connectivity index (χ4v) is 4.60. The van der Waals surface area contributed by atoms with E-state index in [1.165, 1.54) is 18.1 Å². The molecule has 0 saturated carbocycles. The van der Waals surface area contributed by atoms with Crippen molar-refractivity contribution >= 4 is 11.6 Å². The van der Waals surface area contributed by atoms with Gasteiger partial charge in [-0.2, -0.15) is 13.2 Å². The molecule has 1 aliphatic rings. The first-order valence-electron chi connectivity index (χ1n) is 10.7. The second-order valence-electron chi connectivity index (χ2n) is 8.27. The van der Waals surface area contributed by atoms with Gasteiger partial charge in [-0.1, -0.05) is 20.3 Å². The molecule has 2 aromatic carbocycles. The number of hydrogen-bond acceptors (Lipinski definition) is 3. The second-order valence-corrected chi connectivity index (χ2v) is 8.27. The molecule has 3 rings (SSSR count). The highest BCUT2D eigenvalue weighted by molar-refractivity contribution is 5.98. The highest BCUT2D eigenvalue weighted by Gasteiger charge is 2.47. The lowest BCUT2D eigenvalue weighted by Crippen LogP contribution is -2.63. The minimum Gasteiger partial charge on any atom is -0.495 e. The molecule has 2 atom stereocenters. The Balaban J connectivity index is 2.18. The quantitative estimate of drug-likeness (QED) is 0.460. The fraction of sp³-hybridized carbons (Fsp3) is 0.458. The third-order valence-electron chi connectivity index (χ3n) is 6.03. The normalized spacial score (nSPS) is 21.4. The molecule has 0 aromatic heterocycles. The molecule has 0 radical (unpaired) electrons. The molecule has 0 bridgehead atoms. The van der Waals surface area contributed by atoms with Crippen LogP contribution in [0.15, 0.2) is 30.3 Å². The van der Waals surface area contributed by atoms with Gasteiger partial charge >= 0.3 is 6.18 Å². The number of nitrogens with zero attached hydrogens (tertiary/aromatic N) is 1. The zero-order valence-electron chi connectivity index (χ0n) is 18.9. The summed E-state index contributed by atoms with van der Waals surface area (Å²) in [5.41, 5.74) is -2.44. The Bertz CT molecular complexity index is 1040. The Morgan fingerprint density at radius 1 is 1.15 bits per heavy atom. The van der Waals surface area contributed by atoms with E-state index < -0.39 is 28.9 Å². The van der Waals surface area contributed by atoms with E-state index in [9.17, 15) is 22.4 Å². The van der Waals surface area contributed by atoms with E-state index in [0.29, 0.717) is 25.0 Å². The number of rotatable bonds is 6. The molecule has 33 heavy (non-hydrogen) atoms. The summed E-state index contributed by atoms with van der Waals surface area (Å²) >= 11 is 0. The number of halogens is 5. The van der Waals surface area contributed by atoms with Gasteiger partial charge in [-0.3, -0.25) is 9.69 Å². The third-order valence-corrected chi connectivity index (χ3v) is 6.03. The van der Waals surface area contributed by atoms with Crippen LogP contribution in [0.25, 0.3) is 11.1 Å². The fourth-order valence-electron chi connectivity index (χ4n) is 4.60. The van der Waals surface area contributed by atoms with Gasteiger partial charge in [0.25, 0.3) is 5.91 Å². The first-order valence-corrected chi connectivity index (χ1v) is 10.7. The van der Waals surface area contributed by atoms with Crippen molar-refractivity contribution in [1.29, 1.82) is 0 Å². The predicted octanol–water partition coefficient (Wildman–Crippen LogP) is 6.36. The summed E-state index contributed by atoms with van der Waals surface area (Å²) in [6, 6.07) is 4.09. The Labute approximate surface area is 189 Å². The average molecular weight is 471 g/mol. The zero-order chi connectivity index (χ0) is 24.6. The second kappa shape index (κ2) is 9.29. The van der Waals surface area contributed by atoms with Gasteiger partial charge in [0.1, 0.15) is 24.0 Å². The highest BCUT2D eigenvalue weighted by atomic mass is 19.4. The monoisotopic (exact) mass is 471 g/mol. The van der Waals surface area contributed by atoms with Gasteiger partial charge in [0.05, 0.1) is 30.0 Å². The van der Waals surface area contributed by atoms with Crippen LogP contribution >= 0.6 is 0 Å². The summed E-state index contributed by atoms with van der Waals surface area (Å²) in [7, 11) is 1.31. The number of hydrogen-bond donors (Lipinski definition) is 0. The first-order chi connectivity index (χ1) is 15.5. The van der Waals surface area contributed by atoms with Gasteiger partial charge in [0, 0.05) is 11.6 Å². The molecule has 9 heteroatoms. The van der Waals surface area contributed by atoms with Gasteiger partial charge < -0.3 is 9.47 Å². The van der Waals surface area contributed by atoms with E-state index in [1.54, 1.807) is 0 Å². The molecule has 1 saturated heterocycles. The van der Waals surface area contributed by atoms with Crippen molar-refractivity contribution in [3.05, 3.63) is 47.5 Å². The van der Waals surface area contributed by atoms with E-state index in [2.05, 4.69) is 0 Å². The van der Waals surface area contributed by atoms with Crippen LogP contribution in [0.4, 0.5) is 27.6 Å². The number of carbonyl (C=O) groups excluding carboxylic acids is 1. The Hall–Kier alpha value is -2.68. The molecule has 0 aliphatic carbocycles. The summed E-state index contributed by atoms with van der Waals surface area (Å²) in [6.45, 7) is 5.55. The molecule has 1 fully saturated rings. The van der Waals surface area contributed by atoms with Gasteiger partial charge in [-0.05, 0) is 49.6 Å². The van der Waals surface area contributed by atoms with Crippen molar-refractivity contribution in [2.75, 3.05) is 18.6 Å². The van der Waals surface area contributed by atoms with Crippen LogP contribution in [0.1, 0.15) is 45.6 Å². The number of alkyl halides is 3. The number of methoxy groups -OCH3 is 1. The van der Waals surface area contributed by atoms with E-state index in [-0.39, 0.29) is 41.2 Å². The molecular formula is C24H26F5NO3. The van der Waals surface area contributed by atoms with Crippen molar-refractivity contribution in [3.8, 4) is 16.9 Å². The molecule has 1 heterocycles. The molecule has 1 unspecified atom stereocenters. The summed E-state index contributed by atoms with van der Waals surface area (Å²) in [4.78, 5) is 14.4. The Morgan fingerprint density at radius 3 is 2.42 bits per heavy atom. The summed E-state index contributed by atoms with van der Waals surface area (Å²) < 4.78 is 79.8. The van der Waals surface area contributed by atoms with Crippen molar-refractivity contribution in [1.82, 2.24) is 0 Å². The largest absolute Gasteiger partial charge is 0.495 e. The molecule has 0 spiro atoms. The summed E-state index contributed by atoms with van der Waals surface area (Å²) in [6.07, 6.45) is -3.18. The minimum atomic E-state index is -4.80. The van der Waals surface area contributed by atoms with Crippen LogP contribution < -0.4 is 9.64 Å². The van der Waals surface area contributed by atoms with Crippen LogP contribution in [0.2, 0.25) is 0 Å². The molecule has 0 N–H and O–H groups in total. The molecule has 1 amide bonds. The van der Waals surface area contributed by atoms with E-state index >= 15 is 4.39 Å². The predicted molar refractivity (Wildman–Crippen MR) is 114 cm³/mol. The maximum atomic E-state index is 15.3. The lowest BCUT2D eigenvalue weighted by atomic mass is 9.83. The number of carbonyl (C=O) groups is 1. The van der Waals surface area contributed by atoms with Gasteiger partial charge in [-0.25, -0.2) is 8.78 Å². The van der Waals surface area contributed by atoms with Crippen molar-refractivity contribution in [3.63, 3.8) is 0 Å². The number of anilines is 1. The van der Waals surface area contributed by atoms with E-state index in [1.807, 2.05) is 20.8 Å². The molecule has 2 aromatic rings. The Kier molecular flexibility index (Phi) is 7.02. The first kappa shape index (κ1) is 25.0. The smallest absolute Gasteiger partial charge is 0.416 e. The van der Waals surface area contributed by atoms with Gasteiger partial charge in [-0.15, -0.1) is 0 Å². The van der Waals surface area contributed by atoms with Crippen LogP contribution in [0.5, 0.6) is 5.75 Å². The number of benzene rings is 2. The lowest BCUT2D eigenvalue weighted by Gasteiger charge is -2.49. The maximum absolute atomic E-state index is 15.3. The van der Waals surface area contributed by atoms with Crippen molar-refractivity contribution < 1.29 is 36.2 Å². The van der Waals surface area contributed by atoms with Crippen LogP contribution in [-0.4, -0.2) is 31.3 Å². The van der Waals surface area contributed by atoms with E-state index in [0.717, 1.165) is 18.6 Å². The standard InChI is InChI=1S/C24H26F5NO3/c1-5-7-23(3)21(6-2)33-13-22(31)30(23)19-12-18(26)17(11-20(19)32-4)14-8-15(24(27,28)29)10-16(25)9-14/h8-12,21H,5-7,13H2,1-4H3/t21-,23?/m0/s1. The maximum Gasteiger partial charge on any atom is 0.416 e. The molecular weight excluding hydrogens is 445 g/mol. The van der Waals surface area contributed by atoms with Gasteiger partial charge in [0.2, 0.25) is 0 Å². The molecule has 180 valence electrons. The molecule has 4 nitrogen and oxygen atoms in total. The summed E-state index contributed by atoms with van der Waals surface area (Å²) in [5.74, 6) is -2.36. The topological polar surface area (TPSA) is 38.8 Å². The van der Waals surface area contributed by atoms with Crippen molar-refractivity contribution in [2.24, 2.45) is 0 Å². The van der Waals surface area contributed by atoms with Crippen molar-refractivity contribution in [2.45, 2.75) is 57.9 Å². The number of morpholine rings is 1. The number of amides is 1. The SMILES string of the molecule is CCCC1(C)[C@H](CC)OCC(=O)N1c1cc(F)c(-c2cc(F)cc(C(F)(F)F)c2)cc1OC. The van der Waals surface area contributed by atoms with Crippen LogP contribution in [0, 0.1) is 11.6 Å². The zero-order valence-corrected chi connectivity index (χ0v) is 18.9. The Morgan fingerprint density at radius 2 is 1.85 bits per heavy atom.